The van der Waals surface area contributed by atoms with E-state index in [0.29, 0.717) is 0 Å². The highest BCUT2D eigenvalue weighted by atomic mass is 16.6. The van der Waals surface area contributed by atoms with Crippen molar-refractivity contribution in [2.45, 2.75) is 32.4 Å². The molecule has 0 aliphatic carbocycles. The van der Waals surface area contributed by atoms with Crippen LogP contribution in [0.3, 0.4) is 0 Å². The smallest absolute Gasteiger partial charge is 0.338 e. The average Bonchev–Trinajstić information content (AvgIpc) is 2.50. The topological polar surface area (TPSA) is 124 Å². The Morgan fingerprint density at radius 1 is 1.29 bits per heavy atom. The van der Waals surface area contributed by atoms with Crippen LogP contribution < -0.4 is 11.3 Å². The van der Waals surface area contributed by atoms with Gasteiger partial charge >= 0.3 is 11.9 Å². The van der Waals surface area contributed by atoms with Gasteiger partial charge in [-0.2, -0.15) is 0 Å². The summed E-state index contributed by atoms with van der Waals surface area (Å²) in [6.07, 6.45) is 0. The number of H-pyrrole nitrogens is 1. The zero-order valence-electron chi connectivity index (χ0n) is 13.9. The second-order valence-corrected chi connectivity index (χ2v) is 6.15. The predicted molar refractivity (Wildman–Crippen MR) is 86.5 cm³/mol. The number of fused-ring (bicyclic) bond motifs is 1. The number of aromatic nitrogens is 2. The fourth-order valence-electron chi connectivity index (χ4n) is 2.11. The van der Waals surface area contributed by atoms with Gasteiger partial charge in [-0.1, -0.05) is 6.07 Å². The van der Waals surface area contributed by atoms with Gasteiger partial charge in [-0.15, -0.1) is 0 Å². The van der Waals surface area contributed by atoms with Gasteiger partial charge in [-0.05, 0) is 32.9 Å². The van der Waals surface area contributed by atoms with Crippen molar-refractivity contribution in [1.82, 2.24) is 9.97 Å². The lowest BCUT2D eigenvalue weighted by molar-refractivity contribution is -0.156. The minimum Gasteiger partial charge on any atom is -0.465 e. The first-order chi connectivity index (χ1) is 11.1. The molecular weight excluding hydrogens is 314 g/mol. The molecule has 0 bridgehead atoms. The monoisotopic (exact) mass is 333 g/mol. The molecule has 8 nitrogen and oxygen atoms in total. The molecule has 2 rings (SSSR count). The van der Waals surface area contributed by atoms with Crippen LogP contribution in [0.25, 0.3) is 10.9 Å². The van der Waals surface area contributed by atoms with Crippen LogP contribution in [0.15, 0.2) is 23.0 Å². The molecule has 24 heavy (non-hydrogen) atoms. The first kappa shape index (κ1) is 17.6. The van der Waals surface area contributed by atoms with Crippen LogP contribution in [-0.2, 0) is 14.3 Å². The molecule has 128 valence electrons. The second-order valence-electron chi connectivity index (χ2n) is 6.15. The zero-order valence-corrected chi connectivity index (χ0v) is 13.9. The summed E-state index contributed by atoms with van der Waals surface area (Å²) < 4.78 is 9.84. The van der Waals surface area contributed by atoms with Gasteiger partial charge in [0.25, 0.3) is 5.56 Å². The molecule has 0 fully saturated rings. The van der Waals surface area contributed by atoms with Crippen molar-refractivity contribution in [1.29, 1.82) is 0 Å². The van der Waals surface area contributed by atoms with Gasteiger partial charge in [0.05, 0.1) is 23.6 Å². The highest BCUT2D eigenvalue weighted by Crippen LogP contribution is 2.17. The highest BCUT2D eigenvalue weighted by molar-refractivity contribution is 6.03. The molecule has 0 radical (unpaired) electrons. The molecule has 1 aromatic heterocycles. The number of nitrogens with two attached hydrogens (primary N) is 1. The van der Waals surface area contributed by atoms with E-state index in [1.807, 2.05) is 0 Å². The van der Waals surface area contributed by atoms with E-state index in [9.17, 15) is 14.4 Å². The molecule has 0 saturated heterocycles. The Morgan fingerprint density at radius 3 is 2.54 bits per heavy atom. The number of hydrogen-bond acceptors (Lipinski definition) is 7. The van der Waals surface area contributed by atoms with Crippen molar-refractivity contribution >= 4 is 22.8 Å². The number of hydrogen-bond donors (Lipinski definition) is 2. The zero-order chi connectivity index (χ0) is 18.1. The largest absolute Gasteiger partial charge is 0.465 e. The summed E-state index contributed by atoms with van der Waals surface area (Å²) in [6.45, 7) is 5.12. The van der Waals surface area contributed by atoms with Crippen molar-refractivity contribution in [2.75, 3.05) is 7.11 Å². The van der Waals surface area contributed by atoms with Gasteiger partial charge in [0.15, 0.2) is 6.04 Å². The van der Waals surface area contributed by atoms with Gasteiger partial charge in [0.2, 0.25) is 0 Å². The highest BCUT2D eigenvalue weighted by Gasteiger charge is 2.26. The van der Waals surface area contributed by atoms with Gasteiger partial charge < -0.3 is 20.2 Å². The molecule has 0 spiro atoms. The van der Waals surface area contributed by atoms with Crippen LogP contribution in [0.5, 0.6) is 0 Å². The van der Waals surface area contributed by atoms with E-state index in [4.69, 9.17) is 10.5 Å². The van der Waals surface area contributed by atoms with Crippen molar-refractivity contribution in [3.8, 4) is 0 Å². The van der Waals surface area contributed by atoms with E-state index in [1.165, 1.54) is 13.2 Å². The van der Waals surface area contributed by atoms with Gasteiger partial charge in [0.1, 0.15) is 11.4 Å². The van der Waals surface area contributed by atoms with E-state index in [-0.39, 0.29) is 22.3 Å². The van der Waals surface area contributed by atoms with Gasteiger partial charge in [-0.25, -0.2) is 14.6 Å². The second kappa shape index (κ2) is 6.40. The lowest BCUT2D eigenvalue weighted by Crippen LogP contribution is -2.33. The molecule has 1 heterocycles. The molecule has 1 aromatic carbocycles. The number of nitrogens with zero attached hydrogens (tertiary/aromatic N) is 1. The minimum atomic E-state index is -1.25. The number of carbonyl (C=O) groups excluding carboxylic acids is 2. The number of ether oxygens (including phenoxy) is 2. The molecular formula is C16H19N3O5. The molecule has 0 aliphatic rings. The van der Waals surface area contributed by atoms with Crippen molar-refractivity contribution in [3.63, 3.8) is 0 Å². The Balaban J connectivity index is 2.51. The number of aromatic amines is 1. The van der Waals surface area contributed by atoms with Gasteiger partial charge in [0, 0.05) is 0 Å². The fraction of sp³-hybridized carbons (Fsp3) is 0.375. The Labute approximate surface area is 138 Å². The summed E-state index contributed by atoms with van der Waals surface area (Å²) in [7, 11) is 1.22. The van der Waals surface area contributed by atoms with Crippen LogP contribution in [-0.4, -0.2) is 34.6 Å². The summed E-state index contributed by atoms with van der Waals surface area (Å²) in [4.78, 5) is 42.8. The number of rotatable bonds is 3. The summed E-state index contributed by atoms with van der Waals surface area (Å²) in [5.74, 6) is -1.41. The first-order valence-corrected chi connectivity index (χ1v) is 7.23. The molecule has 0 amide bonds. The predicted octanol–water partition coefficient (Wildman–Crippen LogP) is 1.05. The van der Waals surface area contributed by atoms with E-state index >= 15 is 0 Å². The van der Waals surface area contributed by atoms with E-state index in [2.05, 4.69) is 14.7 Å². The number of carbonyl (C=O) groups is 2. The number of nitrogens with one attached hydrogen (secondary N) is 1. The van der Waals surface area contributed by atoms with Crippen molar-refractivity contribution in [2.24, 2.45) is 5.73 Å². The summed E-state index contributed by atoms with van der Waals surface area (Å²) >= 11 is 0. The first-order valence-electron chi connectivity index (χ1n) is 7.23. The molecule has 0 saturated carbocycles. The number of benzene rings is 1. The Hall–Kier alpha value is -2.74. The Bertz CT molecular complexity index is 851. The summed E-state index contributed by atoms with van der Waals surface area (Å²) in [6, 6.07) is 3.31. The molecule has 0 aliphatic heterocycles. The molecule has 1 atom stereocenters. The van der Waals surface area contributed by atoms with Crippen LogP contribution in [0.2, 0.25) is 0 Å². The van der Waals surface area contributed by atoms with E-state index < -0.39 is 29.1 Å². The minimum absolute atomic E-state index is 0.0382. The normalized spacial score (nSPS) is 12.7. The van der Waals surface area contributed by atoms with Gasteiger partial charge in [-0.3, -0.25) is 4.79 Å². The molecule has 2 aromatic rings. The molecule has 3 N–H and O–H groups in total. The van der Waals surface area contributed by atoms with Crippen molar-refractivity contribution in [3.05, 3.63) is 39.9 Å². The van der Waals surface area contributed by atoms with E-state index in [1.54, 1.807) is 32.9 Å². The SMILES string of the molecule is COC(=O)c1cccc2nc(C(N)C(=O)OC(C)(C)C)[nH]c(=O)c12. The maximum absolute atomic E-state index is 12.3. The molecule has 1 unspecified atom stereocenters. The average molecular weight is 333 g/mol. The number of esters is 2. The van der Waals surface area contributed by atoms with Crippen molar-refractivity contribution < 1.29 is 19.1 Å². The quantitative estimate of drug-likeness (QED) is 0.804. The third kappa shape index (κ3) is 3.60. The maximum atomic E-state index is 12.3. The maximum Gasteiger partial charge on any atom is 0.338 e. The van der Waals surface area contributed by atoms with Crippen LogP contribution >= 0.6 is 0 Å². The van der Waals surface area contributed by atoms with Crippen LogP contribution in [0, 0.1) is 0 Å². The summed E-state index contributed by atoms with van der Waals surface area (Å²) in [5, 5.41) is 0.0736. The summed E-state index contributed by atoms with van der Waals surface area (Å²) in [5.41, 5.74) is 4.84. The fourth-order valence-corrected chi connectivity index (χ4v) is 2.11. The third-order valence-corrected chi connectivity index (χ3v) is 3.11. The standard InChI is InChI=1S/C16H19N3O5/c1-16(2,3)24-15(22)11(17)12-18-9-7-5-6-8(14(21)23-4)10(9)13(20)19-12/h5-7,11H,17H2,1-4H3,(H,18,19,20). The lowest BCUT2D eigenvalue weighted by Gasteiger charge is -2.21. The Kier molecular flexibility index (Phi) is 4.70. The molecule has 8 heteroatoms. The van der Waals surface area contributed by atoms with Crippen LogP contribution in [0.1, 0.15) is 43.0 Å². The van der Waals surface area contributed by atoms with E-state index in [0.717, 1.165) is 0 Å². The Morgan fingerprint density at radius 2 is 1.96 bits per heavy atom. The third-order valence-electron chi connectivity index (χ3n) is 3.11. The number of methoxy groups -OCH3 is 1. The lowest BCUT2D eigenvalue weighted by atomic mass is 10.1. The van der Waals surface area contributed by atoms with Crippen LogP contribution in [0.4, 0.5) is 0 Å².